The van der Waals surface area contributed by atoms with Gasteiger partial charge in [0.25, 0.3) is 0 Å². The van der Waals surface area contributed by atoms with E-state index in [1.807, 2.05) is 18.2 Å². The third-order valence-corrected chi connectivity index (χ3v) is 3.72. The number of nitrogen functional groups attached to an aromatic ring is 2. The van der Waals surface area contributed by atoms with E-state index in [-0.39, 0.29) is 0 Å². The maximum atomic E-state index is 5.81. The highest BCUT2D eigenvalue weighted by atomic mass is 14.9. The summed E-state index contributed by atoms with van der Waals surface area (Å²) in [6.07, 6.45) is 6.52. The molecule has 1 fully saturated rings. The first-order chi connectivity index (χ1) is 8.15. The van der Waals surface area contributed by atoms with Crippen LogP contribution in [0.25, 0.3) is 0 Å². The Balaban J connectivity index is 1.97. The number of rotatable bonds is 2. The van der Waals surface area contributed by atoms with Gasteiger partial charge in [0.2, 0.25) is 0 Å². The molecule has 3 heteroatoms. The van der Waals surface area contributed by atoms with Gasteiger partial charge in [0.05, 0.1) is 11.4 Å². The quantitative estimate of drug-likeness (QED) is 0.543. The van der Waals surface area contributed by atoms with Crippen LogP contribution in [0.15, 0.2) is 18.2 Å². The van der Waals surface area contributed by atoms with Gasteiger partial charge in [0.1, 0.15) is 0 Å². The summed E-state index contributed by atoms with van der Waals surface area (Å²) in [7, 11) is 0. The van der Waals surface area contributed by atoms with Gasteiger partial charge in [0.15, 0.2) is 0 Å². The van der Waals surface area contributed by atoms with Crippen molar-refractivity contribution in [3.63, 3.8) is 0 Å². The zero-order chi connectivity index (χ0) is 12.3. The van der Waals surface area contributed by atoms with Crippen LogP contribution < -0.4 is 16.8 Å². The Labute approximate surface area is 104 Å². The number of hydrogen-bond acceptors (Lipinski definition) is 3. The van der Waals surface area contributed by atoms with E-state index in [4.69, 9.17) is 11.5 Å². The molecule has 0 radical (unpaired) electrons. The molecule has 0 aromatic heterocycles. The van der Waals surface area contributed by atoms with Gasteiger partial charge in [-0.1, -0.05) is 19.8 Å². The molecule has 3 nitrogen and oxygen atoms in total. The summed E-state index contributed by atoms with van der Waals surface area (Å²) in [6.45, 7) is 2.35. The van der Waals surface area contributed by atoms with Gasteiger partial charge in [-0.15, -0.1) is 0 Å². The van der Waals surface area contributed by atoms with Crippen LogP contribution in [-0.4, -0.2) is 6.04 Å². The molecule has 1 saturated carbocycles. The normalized spacial score (nSPS) is 25.2. The number of nitrogens with two attached hydrogens (primary N) is 2. The number of benzene rings is 1. The molecule has 17 heavy (non-hydrogen) atoms. The lowest BCUT2D eigenvalue weighted by Crippen LogP contribution is -2.18. The summed E-state index contributed by atoms with van der Waals surface area (Å²) in [5, 5.41) is 3.57. The fourth-order valence-electron chi connectivity index (χ4n) is 2.53. The van der Waals surface area contributed by atoms with Crippen LogP contribution in [0.2, 0.25) is 0 Å². The van der Waals surface area contributed by atoms with E-state index in [1.165, 1.54) is 32.1 Å². The maximum absolute atomic E-state index is 5.81. The summed E-state index contributed by atoms with van der Waals surface area (Å²) in [6, 6.07) is 6.41. The van der Waals surface area contributed by atoms with Crippen LogP contribution >= 0.6 is 0 Å². The molecule has 2 atom stereocenters. The molecule has 2 rings (SSSR count). The van der Waals surface area contributed by atoms with E-state index in [2.05, 4.69) is 12.2 Å². The van der Waals surface area contributed by atoms with E-state index in [0.717, 1.165) is 11.6 Å². The first-order valence-electron chi connectivity index (χ1n) is 6.56. The Morgan fingerprint density at radius 1 is 1.06 bits per heavy atom. The molecule has 0 saturated heterocycles. The number of hydrogen-bond donors (Lipinski definition) is 3. The first-order valence-corrected chi connectivity index (χ1v) is 6.56. The second-order valence-corrected chi connectivity index (χ2v) is 5.30. The average Bonchev–Trinajstić information content (AvgIpc) is 2.49. The molecule has 0 heterocycles. The Morgan fingerprint density at radius 2 is 1.88 bits per heavy atom. The molecule has 1 aliphatic rings. The summed E-state index contributed by atoms with van der Waals surface area (Å²) in [4.78, 5) is 0. The zero-order valence-electron chi connectivity index (χ0n) is 10.6. The molecule has 0 spiro atoms. The topological polar surface area (TPSA) is 64.1 Å². The van der Waals surface area contributed by atoms with Crippen molar-refractivity contribution in [2.45, 2.75) is 45.1 Å². The molecule has 2 unspecified atom stereocenters. The van der Waals surface area contributed by atoms with Crippen LogP contribution in [0.1, 0.15) is 39.0 Å². The Hall–Kier alpha value is -1.38. The van der Waals surface area contributed by atoms with E-state index in [1.54, 1.807) is 0 Å². The van der Waals surface area contributed by atoms with Crippen molar-refractivity contribution in [3.05, 3.63) is 18.2 Å². The first kappa shape index (κ1) is 12.1. The van der Waals surface area contributed by atoms with Crippen molar-refractivity contribution < 1.29 is 0 Å². The van der Waals surface area contributed by atoms with Gasteiger partial charge in [-0.25, -0.2) is 0 Å². The fraction of sp³-hybridized carbons (Fsp3) is 0.571. The summed E-state index contributed by atoms with van der Waals surface area (Å²) >= 11 is 0. The highest BCUT2D eigenvalue weighted by molar-refractivity contribution is 5.69. The minimum absolute atomic E-state index is 0.586. The zero-order valence-corrected chi connectivity index (χ0v) is 10.6. The van der Waals surface area contributed by atoms with Crippen molar-refractivity contribution in [2.24, 2.45) is 5.92 Å². The minimum atomic E-state index is 0.586. The van der Waals surface area contributed by atoms with Gasteiger partial charge in [0, 0.05) is 11.7 Å². The molecule has 94 valence electrons. The largest absolute Gasteiger partial charge is 0.397 e. The minimum Gasteiger partial charge on any atom is -0.397 e. The van der Waals surface area contributed by atoms with E-state index >= 15 is 0 Å². The lowest BCUT2D eigenvalue weighted by Gasteiger charge is -2.18. The van der Waals surface area contributed by atoms with Crippen molar-refractivity contribution in [2.75, 3.05) is 16.8 Å². The van der Waals surface area contributed by atoms with Crippen LogP contribution in [0.4, 0.5) is 17.1 Å². The molecule has 1 aliphatic carbocycles. The Bertz CT molecular complexity index is 376. The molecular formula is C14H23N3. The highest BCUT2D eigenvalue weighted by Crippen LogP contribution is 2.26. The van der Waals surface area contributed by atoms with Crippen molar-refractivity contribution in [1.29, 1.82) is 0 Å². The summed E-state index contributed by atoms with van der Waals surface area (Å²) in [5.74, 6) is 0.873. The lowest BCUT2D eigenvalue weighted by molar-refractivity contribution is 0.502. The van der Waals surface area contributed by atoms with E-state index in [9.17, 15) is 0 Å². The predicted octanol–water partition coefficient (Wildman–Crippen LogP) is 3.23. The SMILES string of the molecule is CC1CCCC(Nc2ccc(N)c(N)c2)CC1. The average molecular weight is 233 g/mol. The smallest absolute Gasteiger partial charge is 0.0568 e. The van der Waals surface area contributed by atoms with Crippen molar-refractivity contribution >= 4 is 17.1 Å². The monoisotopic (exact) mass is 233 g/mol. The van der Waals surface area contributed by atoms with Crippen LogP contribution in [-0.2, 0) is 0 Å². The van der Waals surface area contributed by atoms with Crippen LogP contribution in [0, 0.1) is 5.92 Å². The Morgan fingerprint density at radius 3 is 2.65 bits per heavy atom. The summed E-state index contributed by atoms with van der Waals surface area (Å²) < 4.78 is 0. The van der Waals surface area contributed by atoms with Gasteiger partial charge < -0.3 is 16.8 Å². The molecule has 1 aromatic rings. The van der Waals surface area contributed by atoms with Gasteiger partial charge >= 0.3 is 0 Å². The summed E-state index contributed by atoms with van der Waals surface area (Å²) in [5.41, 5.74) is 13.9. The molecule has 5 N–H and O–H groups in total. The Kier molecular flexibility index (Phi) is 3.77. The van der Waals surface area contributed by atoms with Crippen molar-refractivity contribution in [3.8, 4) is 0 Å². The van der Waals surface area contributed by atoms with E-state index < -0.39 is 0 Å². The van der Waals surface area contributed by atoms with Gasteiger partial charge in [-0.05, 0) is 43.4 Å². The van der Waals surface area contributed by atoms with Gasteiger partial charge in [-0.2, -0.15) is 0 Å². The predicted molar refractivity (Wildman–Crippen MR) is 74.9 cm³/mol. The van der Waals surface area contributed by atoms with Crippen LogP contribution in [0.3, 0.4) is 0 Å². The molecule has 1 aromatic carbocycles. The van der Waals surface area contributed by atoms with E-state index in [0.29, 0.717) is 17.4 Å². The molecule has 0 aliphatic heterocycles. The second kappa shape index (κ2) is 5.30. The standard InChI is InChI=1S/C14H23N3/c1-10-3-2-4-11(6-5-10)17-12-7-8-13(15)14(16)9-12/h7-11,17H,2-6,15-16H2,1H3. The lowest BCUT2D eigenvalue weighted by atomic mass is 10.0. The third-order valence-electron chi connectivity index (χ3n) is 3.72. The van der Waals surface area contributed by atoms with Crippen LogP contribution in [0.5, 0.6) is 0 Å². The fourth-order valence-corrected chi connectivity index (χ4v) is 2.53. The molecule has 0 bridgehead atoms. The third kappa shape index (κ3) is 3.29. The van der Waals surface area contributed by atoms with Gasteiger partial charge in [-0.3, -0.25) is 0 Å². The maximum Gasteiger partial charge on any atom is 0.0568 e. The number of anilines is 3. The highest BCUT2D eigenvalue weighted by Gasteiger charge is 2.15. The molecule has 0 amide bonds. The number of nitrogens with one attached hydrogen (secondary N) is 1. The van der Waals surface area contributed by atoms with Crippen molar-refractivity contribution in [1.82, 2.24) is 0 Å². The second-order valence-electron chi connectivity index (χ2n) is 5.30. The molecular weight excluding hydrogens is 210 g/mol.